The second-order valence-corrected chi connectivity index (χ2v) is 7.43. The first kappa shape index (κ1) is 13.3. The van der Waals surface area contributed by atoms with Crippen molar-refractivity contribution in [3.05, 3.63) is 18.5 Å². The number of nitrogen functional groups attached to an aromatic ring is 1. The second-order valence-electron chi connectivity index (χ2n) is 5.52. The number of aromatic nitrogens is 1. The Morgan fingerprint density at radius 3 is 2.78 bits per heavy atom. The van der Waals surface area contributed by atoms with Crippen molar-refractivity contribution in [3.8, 4) is 0 Å². The van der Waals surface area contributed by atoms with Gasteiger partial charge in [-0.1, -0.05) is 13.8 Å². The molecular weight excluding hydrogens is 250 g/mol. The minimum Gasteiger partial charge on any atom is -0.398 e. The standard InChI is InChI=1S/C12H19N3O2S/c1-12(2)5-3-7-15(9-12)18(16,17)11-8-14-6-4-10(11)13/h4,6,8H,3,5,7,9H2,1-2H3,(H2,13,14). The molecule has 6 heteroatoms. The first-order chi connectivity index (χ1) is 8.33. The molecule has 5 nitrogen and oxygen atoms in total. The fourth-order valence-corrected chi connectivity index (χ4v) is 4.05. The fourth-order valence-electron chi connectivity index (χ4n) is 2.32. The molecule has 1 aliphatic heterocycles. The Kier molecular flexibility index (Phi) is 3.33. The smallest absolute Gasteiger partial charge is 0.246 e. The molecule has 18 heavy (non-hydrogen) atoms. The molecule has 1 aromatic rings. The molecule has 2 rings (SSSR count). The molecule has 1 fully saturated rings. The van der Waals surface area contributed by atoms with Gasteiger partial charge in [0.25, 0.3) is 0 Å². The lowest BCUT2D eigenvalue weighted by Crippen LogP contribution is -2.43. The molecule has 2 heterocycles. The van der Waals surface area contributed by atoms with Crippen LogP contribution < -0.4 is 5.73 Å². The minimum atomic E-state index is -3.52. The van der Waals surface area contributed by atoms with Crippen LogP contribution in [0.4, 0.5) is 5.69 Å². The average molecular weight is 269 g/mol. The van der Waals surface area contributed by atoms with E-state index in [2.05, 4.69) is 18.8 Å². The zero-order valence-corrected chi connectivity index (χ0v) is 11.6. The Hall–Kier alpha value is -1.14. The van der Waals surface area contributed by atoms with Crippen molar-refractivity contribution in [1.82, 2.24) is 9.29 Å². The maximum Gasteiger partial charge on any atom is 0.246 e. The molecule has 1 aliphatic rings. The molecular formula is C12H19N3O2S. The number of nitrogens with zero attached hydrogens (tertiary/aromatic N) is 2. The topological polar surface area (TPSA) is 76.3 Å². The monoisotopic (exact) mass is 269 g/mol. The number of rotatable bonds is 2. The van der Waals surface area contributed by atoms with E-state index in [1.807, 2.05) is 0 Å². The highest BCUT2D eigenvalue weighted by molar-refractivity contribution is 7.89. The molecule has 0 unspecified atom stereocenters. The molecule has 0 radical (unpaired) electrons. The summed E-state index contributed by atoms with van der Waals surface area (Å²) in [5.41, 5.74) is 6.01. The Bertz CT molecular complexity index is 540. The summed E-state index contributed by atoms with van der Waals surface area (Å²) in [5, 5.41) is 0. The number of pyridine rings is 1. The van der Waals surface area contributed by atoms with Crippen molar-refractivity contribution in [1.29, 1.82) is 0 Å². The van der Waals surface area contributed by atoms with Crippen molar-refractivity contribution < 1.29 is 8.42 Å². The summed E-state index contributed by atoms with van der Waals surface area (Å²) >= 11 is 0. The highest BCUT2D eigenvalue weighted by atomic mass is 32.2. The number of hydrogen-bond donors (Lipinski definition) is 1. The minimum absolute atomic E-state index is 0.0162. The summed E-state index contributed by atoms with van der Waals surface area (Å²) < 4.78 is 26.5. The van der Waals surface area contributed by atoms with Gasteiger partial charge in [0.05, 0.1) is 5.69 Å². The maximum atomic E-state index is 12.5. The van der Waals surface area contributed by atoms with Gasteiger partial charge in [-0.3, -0.25) is 4.98 Å². The van der Waals surface area contributed by atoms with Crippen LogP contribution in [0.15, 0.2) is 23.4 Å². The third-order valence-electron chi connectivity index (χ3n) is 3.30. The summed E-state index contributed by atoms with van der Waals surface area (Å²) in [4.78, 5) is 3.97. The van der Waals surface area contributed by atoms with E-state index in [-0.39, 0.29) is 16.0 Å². The van der Waals surface area contributed by atoms with Gasteiger partial charge in [0.1, 0.15) is 4.90 Å². The maximum absolute atomic E-state index is 12.5. The van der Waals surface area contributed by atoms with E-state index in [4.69, 9.17) is 5.73 Å². The van der Waals surface area contributed by atoms with Crippen molar-refractivity contribution in [2.75, 3.05) is 18.8 Å². The summed E-state index contributed by atoms with van der Waals surface area (Å²) in [5.74, 6) is 0. The van der Waals surface area contributed by atoms with Crippen LogP contribution in [0.2, 0.25) is 0 Å². The Morgan fingerprint density at radius 2 is 2.17 bits per heavy atom. The molecule has 100 valence electrons. The van der Waals surface area contributed by atoms with Gasteiger partial charge < -0.3 is 5.73 Å². The first-order valence-corrected chi connectivity index (χ1v) is 7.47. The zero-order chi connectivity index (χ0) is 13.4. The number of anilines is 1. The van der Waals surface area contributed by atoms with E-state index < -0.39 is 10.0 Å². The van der Waals surface area contributed by atoms with E-state index in [1.165, 1.54) is 22.8 Å². The largest absolute Gasteiger partial charge is 0.398 e. The van der Waals surface area contributed by atoms with Gasteiger partial charge in [-0.25, -0.2) is 8.42 Å². The van der Waals surface area contributed by atoms with Crippen molar-refractivity contribution in [2.24, 2.45) is 5.41 Å². The van der Waals surface area contributed by atoms with Crippen molar-refractivity contribution in [2.45, 2.75) is 31.6 Å². The lowest BCUT2D eigenvalue weighted by molar-refractivity contribution is 0.187. The van der Waals surface area contributed by atoms with Gasteiger partial charge in [0.15, 0.2) is 0 Å². The van der Waals surface area contributed by atoms with E-state index in [0.717, 1.165) is 12.8 Å². The van der Waals surface area contributed by atoms with Crippen LogP contribution in [0.5, 0.6) is 0 Å². The van der Waals surface area contributed by atoms with Gasteiger partial charge in [0, 0.05) is 25.5 Å². The third-order valence-corrected chi connectivity index (χ3v) is 5.19. The summed E-state index contributed by atoms with van der Waals surface area (Å²) in [6.07, 6.45) is 4.74. The third kappa shape index (κ3) is 2.49. The molecule has 0 amide bonds. The predicted molar refractivity (Wildman–Crippen MR) is 70.4 cm³/mol. The zero-order valence-electron chi connectivity index (χ0n) is 10.8. The van der Waals surface area contributed by atoms with Crippen LogP contribution in [0.3, 0.4) is 0 Å². The molecule has 0 saturated carbocycles. The Balaban J connectivity index is 2.35. The second kappa shape index (κ2) is 4.51. The number of nitrogens with two attached hydrogens (primary N) is 1. The lowest BCUT2D eigenvalue weighted by Gasteiger charge is -2.37. The number of sulfonamides is 1. The molecule has 0 aliphatic carbocycles. The average Bonchev–Trinajstić information content (AvgIpc) is 2.28. The molecule has 0 bridgehead atoms. The van der Waals surface area contributed by atoms with Crippen molar-refractivity contribution >= 4 is 15.7 Å². The highest BCUT2D eigenvalue weighted by Crippen LogP contribution is 2.32. The quantitative estimate of drug-likeness (QED) is 0.882. The van der Waals surface area contributed by atoms with Crippen LogP contribution in [0.1, 0.15) is 26.7 Å². The Labute approximate surface area is 108 Å². The van der Waals surface area contributed by atoms with Gasteiger partial charge in [-0.15, -0.1) is 0 Å². The van der Waals surface area contributed by atoms with Crippen LogP contribution in [0, 0.1) is 5.41 Å². The van der Waals surface area contributed by atoms with Gasteiger partial charge in [-0.2, -0.15) is 4.31 Å². The SMILES string of the molecule is CC1(C)CCCN(S(=O)(=O)c2cnccc2N)C1. The molecule has 1 saturated heterocycles. The van der Waals surface area contributed by atoms with Crippen LogP contribution in [-0.2, 0) is 10.0 Å². The summed E-state index contributed by atoms with van der Waals surface area (Å²) in [6, 6.07) is 1.52. The molecule has 1 aromatic heterocycles. The van der Waals surface area contributed by atoms with Gasteiger partial charge >= 0.3 is 0 Å². The van der Waals surface area contributed by atoms with E-state index in [1.54, 1.807) is 0 Å². The predicted octanol–water partition coefficient (Wildman–Crippen LogP) is 1.47. The Morgan fingerprint density at radius 1 is 1.44 bits per heavy atom. The number of hydrogen-bond acceptors (Lipinski definition) is 4. The molecule has 2 N–H and O–H groups in total. The van der Waals surface area contributed by atoms with Crippen LogP contribution >= 0.6 is 0 Å². The molecule has 0 spiro atoms. The summed E-state index contributed by atoms with van der Waals surface area (Å²) in [7, 11) is -3.52. The number of piperidine rings is 1. The van der Waals surface area contributed by atoms with E-state index in [0.29, 0.717) is 13.1 Å². The fraction of sp³-hybridized carbons (Fsp3) is 0.583. The first-order valence-electron chi connectivity index (χ1n) is 6.03. The highest BCUT2D eigenvalue weighted by Gasteiger charge is 2.34. The van der Waals surface area contributed by atoms with E-state index in [9.17, 15) is 8.42 Å². The van der Waals surface area contributed by atoms with Gasteiger partial charge in [-0.05, 0) is 24.3 Å². The molecule has 0 aromatic carbocycles. The van der Waals surface area contributed by atoms with Crippen LogP contribution in [-0.4, -0.2) is 30.8 Å². The lowest BCUT2D eigenvalue weighted by atomic mass is 9.85. The van der Waals surface area contributed by atoms with Crippen molar-refractivity contribution in [3.63, 3.8) is 0 Å². The molecule has 0 atom stereocenters. The normalized spacial score (nSPS) is 20.8. The summed E-state index contributed by atoms with van der Waals surface area (Å²) in [6.45, 7) is 5.26. The van der Waals surface area contributed by atoms with Gasteiger partial charge in [0.2, 0.25) is 10.0 Å². The van der Waals surface area contributed by atoms with E-state index >= 15 is 0 Å². The van der Waals surface area contributed by atoms with Crippen LogP contribution in [0.25, 0.3) is 0 Å².